The van der Waals surface area contributed by atoms with E-state index >= 15 is 0 Å². The second kappa shape index (κ2) is 8.45. The van der Waals surface area contributed by atoms with Gasteiger partial charge in [0.2, 0.25) is 5.91 Å². The van der Waals surface area contributed by atoms with Crippen molar-refractivity contribution in [1.82, 2.24) is 10.6 Å². The van der Waals surface area contributed by atoms with Gasteiger partial charge < -0.3 is 15.4 Å². The van der Waals surface area contributed by atoms with Gasteiger partial charge in [-0.15, -0.1) is 0 Å². The summed E-state index contributed by atoms with van der Waals surface area (Å²) >= 11 is 0. The van der Waals surface area contributed by atoms with Gasteiger partial charge in [0.1, 0.15) is 18.7 Å². The van der Waals surface area contributed by atoms with E-state index in [-0.39, 0.29) is 35.7 Å². The molecule has 0 spiro atoms. The van der Waals surface area contributed by atoms with Crippen molar-refractivity contribution < 1.29 is 19.1 Å². The quantitative estimate of drug-likeness (QED) is 0.813. The first-order valence-electron chi connectivity index (χ1n) is 9.02. The number of ether oxygens (including phenoxy) is 1. The smallest absolute Gasteiger partial charge is 0.251 e. The summed E-state index contributed by atoms with van der Waals surface area (Å²) in [4.78, 5) is 37.3. The molecule has 1 saturated heterocycles. The van der Waals surface area contributed by atoms with Crippen LogP contribution in [0.4, 0.5) is 0 Å². The zero-order valence-electron chi connectivity index (χ0n) is 15.9. The third kappa shape index (κ3) is 5.39. The van der Waals surface area contributed by atoms with Crippen LogP contribution >= 0.6 is 0 Å². The largest absolute Gasteiger partial charge is 0.368 e. The van der Waals surface area contributed by atoms with E-state index in [1.165, 1.54) is 0 Å². The molecule has 1 aromatic rings. The van der Waals surface area contributed by atoms with Gasteiger partial charge in [-0.2, -0.15) is 0 Å². The number of hydrogen-bond acceptors (Lipinski definition) is 4. The van der Waals surface area contributed by atoms with Crippen LogP contribution in [0.25, 0.3) is 0 Å². The molecule has 1 heterocycles. The molecule has 0 aromatic heterocycles. The topological polar surface area (TPSA) is 84.5 Å². The Kier molecular flexibility index (Phi) is 6.53. The molecular weight excluding hydrogens is 332 g/mol. The number of amides is 2. The van der Waals surface area contributed by atoms with E-state index in [1.54, 1.807) is 24.3 Å². The number of nitrogens with one attached hydrogen (secondary N) is 2. The van der Waals surface area contributed by atoms with Gasteiger partial charge in [-0.05, 0) is 30.4 Å². The molecule has 3 atom stereocenters. The highest BCUT2D eigenvalue weighted by molar-refractivity contribution is 5.98. The second-order valence-electron chi connectivity index (χ2n) is 7.87. The van der Waals surface area contributed by atoms with Crippen molar-refractivity contribution in [2.75, 3.05) is 6.61 Å². The summed E-state index contributed by atoms with van der Waals surface area (Å²) in [6.07, 6.45) is 0.777. The molecule has 2 unspecified atom stereocenters. The van der Waals surface area contributed by atoms with E-state index in [0.717, 1.165) is 0 Å². The van der Waals surface area contributed by atoms with Crippen molar-refractivity contribution in [3.05, 3.63) is 35.9 Å². The standard InChI is InChI=1S/C20H28N2O4/c1-5-16-17(15(23)12-26-16)22-19(25)14(11-20(2,3)4)21-18(24)13-9-7-6-8-10-13/h6-10,14,16-17H,5,11-12H2,1-4H3,(H,21,24)(H,22,25)/t14?,16-,17?/m0/s1. The third-order valence-corrected chi connectivity index (χ3v) is 4.33. The van der Waals surface area contributed by atoms with E-state index in [4.69, 9.17) is 4.74 Å². The maximum Gasteiger partial charge on any atom is 0.251 e. The highest BCUT2D eigenvalue weighted by atomic mass is 16.5. The molecule has 2 rings (SSSR count). The van der Waals surface area contributed by atoms with Gasteiger partial charge in [0.25, 0.3) is 5.91 Å². The van der Waals surface area contributed by atoms with E-state index in [1.807, 2.05) is 33.8 Å². The number of benzene rings is 1. The van der Waals surface area contributed by atoms with Gasteiger partial charge in [0.05, 0.1) is 6.10 Å². The summed E-state index contributed by atoms with van der Waals surface area (Å²) in [5.74, 6) is -0.795. The van der Waals surface area contributed by atoms with Crippen molar-refractivity contribution >= 4 is 17.6 Å². The monoisotopic (exact) mass is 360 g/mol. The number of carbonyl (C=O) groups is 3. The van der Waals surface area contributed by atoms with Crippen LogP contribution < -0.4 is 10.6 Å². The fourth-order valence-corrected chi connectivity index (χ4v) is 3.02. The lowest BCUT2D eigenvalue weighted by atomic mass is 9.87. The van der Waals surface area contributed by atoms with Crippen molar-refractivity contribution in [1.29, 1.82) is 0 Å². The van der Waals surface area contributed by atoms with Gasteiger partial charge >= 0.3 is 0 Å². The first-order valence-corrected chi connectivity index (χ1v) is 9.02. The molecule has 6 nitrogen and oxygen atoms in total. The summed E-state index contributed by atoms with van der Waals surface area (Å²) in [6, 6.07) is 7.39. The van der Waals surface area contributed by atoms with Crippen LogP contribution in [0.15, 0.2) is 30.3 Å². The predicted octanol–water partition coefficient (Wildman–Crippen LogP) is 2.08. The summed E-state index contributed by atoms with van der Waals surface area (Å²) in [7, 11) is 0. The SMILES string of the molecule is CC[C@@H]1OCC(=O)C1NC(=O)C(CC(C)(C)C)NC(=O)c1ccccc1. The van der Waals surface area contributed by atoms with Crippen LogP contribution in [0.3, 0.4) is 0 Å². The number of hydrogen-bond donors (Lipinski definition) is 2. The Morgan fingerprint density at radius 3 is 2.46 bits per heavy atom. The van der Waals surface area contributed by atoms with E-state index in [9.17, 15) is 14.4 Å². The first-order chi connectivity index (χ1) is 12.2. The molecule has 142 valence electrons. The highest BCUT2D eigenvalue weighted by Gasteiger charge is 2.37. The van der Waals surface area contributed by atoms with Crippen LogP contribution in [-0.2, 0) is 14.3 Å². The summed E-state index contributed by atoms with van der Waals surface area (Å²) in [5.41, 5.74) is 0.317. The van der Waals surface area contributed by atoms with Crippen LogP contribution in [0, 0.1) is 5.41 Å². The van der Waals surface area contributed by atoms with E-state index in [0.29, 0.717) is 18.4 Å². The molecule has 2 amide bonds. The molecule has 26 heavy (non-hydrogen) atoms. The highest BCUT2D eigenvalue weighted by Crippen LogP contribution is 2.22. The van der Waals surface area contributed by atoms with Gasteiger partial charge in [-0.1, -0.05) is 45.9 Å². The maximum atomic E-state index is 12.8. The van der Waals surface area contributed by atoms with Gasteiger partial charge in [0, 0.05) is 5.56 Å². The number of ketones is 1. The van der Waals surface area contributed by atoms with Crippen LogP contribution in [0.5, 0.6) is 0 Å². The predicted molar refractivity (Wildman–Crippen MR) is 98.7 cm³/mol. The van der Waals surface area contributed by atoms with Crippen LogP contribution in [0.1, 0.15) is 50.9 Å². The fourth-order valence-electron chi connectivity index (χ4n) is 3.02. The van der Waals surface area contributed by atoms with Gasteiger partial charge in [-0.3, -0.25) is 14.4 Å². The minimum Gasteiger partial charge on any atom is -0.368 e. The van der Waals surface area contributed by atoms with Gasteiger partial charge in [-0.25, -0.2) is 0 Å². The third-order valence-electron chi connectivity index (χ3n) is 4.33. The van der Waals surface area contributed by atoms with E-state index in [2.05, 4.69) is 10.6 Å². The Balaban J connectivity index is 2.12. The maximum absolute atomic E-state index is 12.8. The Morgan fingerprint density at radius 2 is 1.88 bits per heavy atom. The molecule has 2 N–H and O–H groups in total. The molecule has 0 bridgehead atoms. The zero-order chi connectivity index (χ0) is 19.3. The Hall–Kier alpha value is -2.21. The number of Topliss-reactive ketones (excluding diaryl/α,β-unsaturated/α-hetero) is 1. The lowest BCUT2D eigenvalue weighted by molar-refractivity contribution is -0.128. The van der Waals surface area contributed by atoms with Crippen molar-refractivity contribution in [2.24, 2.45) is 5.41 Å². The molecule has 1 aliphatic rings. The van der Waals surface area contributed by atoms with Crippen molar-refractivity contribution in [2.45, 2.75) is 58.7 Å². The normalized spacial score (nSPS) is 21.3. The zero-order valence-corrected chi connectivity index (χ0v) is 15.9. The Labute approximate surface area is 154 Å². The number of carbonyl (C=O) groups excluding carboxylic acids is 3. The van der Waals surface area contributed by atoms with E-state index < -0.39 is 12.1 Å². The lowest BCUT2D eigenvalue weighted by Crippen LogP contribution is -2.54. The van der Waals surface area contributed by atoms with Gasteiger partial charge in [0.15, 0.2) is 5.78 Å². The van der Waals surface area contributed by atoms with Crippen LogP contribution in [0.2, 0.25) is 0 Å². The Morgan fingerprint density at radius 1 is 1.23 bits per heavy atom. The molecule has 0 saturated carbocycles. The Bertz CT molecular complexity index is 652. The van der Waals surface area contributed by atoms with Crippen molar-refractivity contribution in [3.8, 4) is 0 Å². The minimum absolute atomic E-state index is 0.0176. The molecule has 6 heteroatoms. The molecular formula is C20H28N2O4. The molecule has 1 fully saturated rings. The minimum atomic E-state index is -0.728. The lowest BCUT2D eigenvalue weighted by Gasteiger charge is -2.28. The van der Waals surface area contributed by atoms with Crippen molar-refractivity contribution in [3.63, 3.8) is 0 Å². The average Bonchev–Trinajstić information content (AvgIpc) is 2.93. The molecule has 1 aromatic carbocycles. The summed E-state index contributed by atoms with van der Waals surface area (Å²) in [5, 5.41) is 5.59. The summed E-state index contributed by atoms with van der Waals surface area (Å²) < 4.78 is 5.41. The summed E-state index contributed by atoms with van der Waals surface area (Å²) in [6.45, 7) is 7.93. The molecule has 1 aliphatic heterocycles. The fraction of sp³-hybridized carbons (Fsp3) is 0.550. The molecule has 0 aliphatic carbocycles. The average molecular weight is 360 g/mol. The number of rotatable bonds is 6. The molecule has 0 radical (unpaired) electrons. The van der Waals surface area contributed by atoms with Crippen LogP contribution in [-0.4, -0.2) is 42.4 Å². The first kappa shape index (κ1) is 20.1. The second-order valence-corrected chi connectivity index (χ2v) is 7.87.